The van der Waals surface area contributed by atoms with Gasteiger partial charge in [-0.05, 0) is 44.7 Å². The van der Waals surface area contributed by atoms with Crippen LogP contribution < -0.4 is 5.32 Å². The number of aliphatic hydroxyl groups is 1. The number of fused-ring (bicyclic) bond motifs is 1. The number of aromatic nitrogens is 2. The van der Waals surface area contributed by atoms with Crippen molar-refractivity contribution < 1.29 is 14.6 Å². The van der Waals surface area contributed by atoms with Gasteiger partial charge in [0, 0.05) is 6.54 Å². The number of carbonyl (C=O) groups excluding carboxylic acids is 1. The normalized spacial score (nSPS) is 18.0. The fourth-order valence-electron chi connectivity index (χ4n) is 3.07. The SMILES string of the molecule is CC(CO)(Cn1cnc2ccccc21)NC(=O)OC1CCCC1. The summed E-state index contributed by atoms with van der Waals surface area (Å²) in [5.41, 5.74) is 1.05. The molecule has 23 heavy (non-hydrogen) atoms. The second-order valence-corrected chi connectivity index (χ2v) is 6.52. The van der Waals surface area contributed by atoms with Crippen LogP contribution in [0.3, 0.4) is 0 Å². The van der Waals surface area contributed by atoms with Gasteiger partial charge in [-0.25, -0.2) is 9.78 Å². The van der Waals surface area contributed by atoms with E-state index in [4.69, 9.17) is 4.74 Å². The molecule has 1 atom stereocenters. The summed E-state index contributed by atoms with van der Waals surface area (Å²) in [5, 5.41) is 12.6. The van der Waals surface area contributed by atoms with Gasteiger partial charge in [-0.15, -0.1) is 0 Å². The fourth-order valence-corrected chi connectivity index (χ4v) is 3.07. The standard InChI is InChI=1S/C17H23N3O3/c1-17(11-21,19-16(22)23-13-6-2-3-7-13)10-20-12-18-14-8-4-5-9-15(14)20/h4-5,8-9,12-13,21H,2-3,6-7,10-11H2,1H3,(H,19,22). The van der Waals surface area contributed by atoms with Gasteiger partial charge in [-0.2, -0.15) is 0 Å². The summed E-state index contributed by atoms with van der Waals surface area (Å²) < 4.78 is 7.36. The Hall–Kier alpha value is -2.08. The highest BCUT2D eigenvalue weighted by atomic mass is 16.6. The van der Waals surface area contributed by atoms with Crippen LogP contribution in [-0.2, 0) is 11.3 Å². The first kappa shape index (κ1) is 15.8. The number of carbonyl (C=O) groups is 1. The van der Waals surface area contributed by atoms with Gasteiger partial charge >= 0.3 is 6.09 Å². The zero-order chi connectivity index (χ0) is 16.3. The molecule has 6 heteroatoms. The van der Waals surface area contributed by atoms with Crippen molar-refractivity contribution >= 4 is 17.1 Å². The maximum absolute atomic E-state index is 12.1. The third-order valence-electron chi connectivity index (χ3n) is 4.38. The summed E-state index contributed by atoms with van der Waals surface area (Å²) in [6.45, 7) is 2.04. The second-order valence-electron chi connectivity index (χ2n) is 6.52. The molecule has 1 aromatic heterocycles. The largest absolute Gasteiger partial charge is 0.446 e. The van der Waals surface area contributed by atoms with E-state index in [0.29, 0.717) is 6.54 Å². The number of alkyl carbamates (subject to hydrolysis) is 1. The number of nitrogens with zero attached hydrogens (tertiary/aromatic N) is 2. The topological polar surface area (TPSA) is 76.4 Å². The summed E-state index contributed by atoms with van der Waals surface area (Å²) in [4.78, 5) is 16.4. The minimum absolute atomic E-state index is 0.00650. The van der Waals surface area contributed by atoms with Gasteiger partial charge in [-0.1, -0.05) is 12.1 Å². The predicted molar refractivity (Wildman–Crippen MR) is 87.1 cm³/mol. The molecule has 0 aliphatic heterocycles. The summed E-state index contributed by atoms with van der Waals surface area (Å²) in [6, 6.07) is 7.78. The van der Waals surface area contributed by atoms with Crippen molar-refractivity contribution in [2.75, 3.05) is 6.61 Å². The van der Waals surface area contributed by atoms with Crippen LogP contribution in [-0.4, -0.2) is 39.0 Å². The molecule has 0 spiro atoms. The Morgan fingerprint density at radius 3 is 2.91 bits per heavy atom. The van der Waals surface area contributed by atoms with Crippen molar-refractivity contribution in [2.45, 2.75) is 50.8 Å². The van der Waals surface area contributed by atoms with E-state index in [1.165, 1.54) is 0 Å². The van der Waals surface area contributed by atoms with Gasteiger partial charge in [0.05, 0.1) is 29.5 Å². The summed E-state index contributed by atoms with van der Waals surface area (Å²) in [7, 11) is 0. The van der Waals surface area contributed by atoms with E-state index >= 15 is 0 Å². The molecule has 0 radical (unpaired) electrons. The minimum Gasteiger partial charge on any atom is -0.446 e. The van der Waals surface area contributed by atoms with Crippen molar-refractivity contribution in [1.29, 1.82) is 0 Å². The number of imidazole rings is 1. The maximum atomic E-state index is 12.1. The first-order chi connectivity index (χ1) is 11.1. The average molecular weight is 317 g/mol. The Kier molecular flexibility index (Phi) is 4.52. The van der Waals surface area contributed by atoms with Gasteiger partial charge < -0.3 is 19.7 Å². The van der Waals surface area contributed by atoms with Crippen molar-refractivity contribution in [3.8, 4) is 0 Å². The first-order valence-electron chi connectivity index (χ1n) is 8.09. The number of nitrogens with one attached hydrogen (secondary N) is 1. The van der Waals surface area contributed by atoms with Crippen LogP contribution in [0.5, 0.6) is 0 Å². The van der Waals surface area contributed by atoms with Crippen molar-refractivity contribution in [3.05, 3.63) is 30.6 Å². The molecule has 1 heterocycles. The fraction of sp³-hybridized carbons (Fsp3) is 0.529. The zero-order valence-corrected chi connectivity index (χ0v) is 13.4. The molecule has 1 aromatic carbocycles. The highest BCUT2D eigenvalue weighted by Crippen LogP contribution is 2.21. The third kappa shape index (κ3) is 3.64. The monoisotopic (exact) mass is 317 g/mol. The molecular formula is C17H23N3O3. The number of hydrogen-bond donors (Lipinski definition) is 2. The lowest BCUT2D eigenvalue weighted by Gasteiger charge is -2.29. The molecule has 1 saturated carbocycles. The highest BCUT2D eigenvalue weighted by Gasteiger charge is 2.29. The first-order valence-corrected chi connectivity index (χ1v) is 8.09. The molecule has 1 amide bonds. The molecule has 0 bridgehead atoms. The molecule has 1 aliphatic rings. The van der Waals surface area contributed by atoms with E-state index in [9.17, 15) is 9.90 Å². The highest BCUT2D eigenvalue weighted by molar-refractivity contribution is 5.75. The number of hydrogen-bond acceptors (Lipinski definition) is 4. The molecule has 2 aromatic rings. The third-order valence-corrected chi connectivity index (χ3v) is 4.38. The summed E-state index contributed by atoms with van der Waals surface area (Å²) >= 11 is 0. The van der Waals surface area contributed by atoms with E-state index in [1.807, 2.05) is 28.8 Å². The molecule has 3 rings (SSSR count). The Morgan fingerprint density at radius 2 is 2.17 bits per heavy atom. The number of benzene rings is 1. The molecule has 124 valence electrons. The summed E-state index contributed by atoms with van der Waals surface area (Å²) in [6.07, 6.45) is 5.34. The number of rotatable bonds is 5. The lowest BCUT2D eigenvalue weighted by Crippen LogP contribution is -2.52. The zero-order valence-electron chi connectivity index (χ0n) is 13.4. The predicted octanol–water partition coefficient (Wildman–Crippen LogP) is 2.46. The lowest BCUT2D eigenvalue weighted by atomic mass is 10.0. The van der Waals surface area contributed by atoms with Gasteiger partial charge in [0.15, 0.2) is 0 Å². The van der Waals surface area contributed by atoms with E-state index in [1.54, 1.807) is 13.3 Å². The van der Waals surface area contributed by atoms with E-state index < -0.39 is 11.6 Å². The minimum atomic E-state index is -0.806. The van der Waals surface area contributed by atoms with Gasteiger partial charge in [0.25, 0.3) is 0 Å². The number of aliphatic hydroxyl groups excluding tert-OH is 1. The Balaban J connectivity index is 1.68. The van der Waals surface area contributed by atoms with Crippen LogP contribution in [0, 0.1) is 0 Å². The van der Waals surface area contributed by atoms with E-state index in [2.05, 4.69) is 10.3 Å². The van der Waals surface area contributed by atoms with Crippen LogP contribution in [0.4, 0.5) is 4.79 Å². The molecule has 6 nitrogen and oxygen atoms in total. The molecule has 1 aliphatic carbocycles. The maximum Gasteiger partial charge on any atom is 0.407 e. The smallest absolute Gasteiger partial charge is 0.407 e. The number of ether oxygens (including phenoxy) is 1. The quantitative estimate of drug-likeness (QED) is 0.888. The van der Waals surface area contributed by atoms with Gasteiger partial charge in [0.2, 0.25) is 0 Å². The van der Waals surface area contributed by atoms with Crippen LogP contribution in [0.2, 0.25) is 0 Å². The Morgan fingerprint density at radius 1 is 1.43 bits per heavy atom. The van der Waals surface area contributed by atoms with E-state index in [-0.39, 0.29) is 12.7 Å². The van der Waals surface area contributed by atoms with Crippen LogP contribution in [0.1, 0.15) is 32.6 Å². The molecule has 2 N–H and O–H groups in total. The van der Waals surface area contributed by atoms with Crippen molar-refractivity contribution in [1.82, 2.24) is 14.9 Å². The van der Waals surface area contributed by atoms with Crippen molar-refractivity contribution in [3.63, 3.8) is 0 Å². The van der Waals surface area contributed by atoms with Gasteiger partial charge in [0.1, 0.15) is 6.10 Å². The average Bonchev–Trinajstić information content (AvgIpc) is 3.17. The molecular weight excluding hydrogens is 294 g/mol. The van der Waals surface area contributed by atoms with Crippen molar-refractivity contribution in [2.24, 2.45) is 0 Å². The van der Waals surface area contributed by atoms with Crippen LogP contribution in [0.15, 0.2) is 30.6 Å². The van der Waals surface area contributed by atoms with Crippen LogP contribution in [0.25, 0.3) is 11.0 Å². The number of para-hydroxylation sites is 2. The second kappa shape index (κ2) is 6.58. The molecule has 1 fully saturated rings. The Bertz CT molecular complexity index is 679. The summed E-state index contributed by atoms with van der Waals surface area (Å²) in [5.74, 6) is 0. The van der Waals surface area contributed by atoms with Crippen LogP contribution >= 0.6 is 0 Å². The van der Waals surface area contributed by atoms with E-state index in [0.717, 1.165) is 36.7 Å². The van der Waals surface area contributed by atoms with Gasteiger partial charge in [-0.3, -0.25) is 0 Å². The molecule has 1 unspecified atom stereocenters. The lowest BCUT2D eigenvalue weighted by molar-refractivity contribution is 0.0792. The molecule has 0 saturated heterocycles. The Labute approximate surface area is 135 Å². The number of amides is 1.